The van der Waals surface area contributed by atoms with Crippen molar-refractivity contribution in [3.05, 3.63) is 35.9 Å². The van der Waals surface area contributed by atoms with E-state index in [1.54, 1.807) is 0 Å². The fourth-order valence-electron chi connectivity index (χ4n) is 1.80. The average Bonchev–Trinajstić information content (AvgIpc) is 2.43. The first-order valence-corrected chi connectivity index (χ1v) is 5.44. The van der Waals surface area contributed by atoms with E-state index in [1.165, 1.54) is 5.56 Å². The molecule has 1 aromatic rings. The molecule has 1 unspecified atom stereocenters. The van der Waals surface area contributed by atoms with Crippen LogP contribution in [-0.4, -0.2) is 11.4 Å². The lowest BCUT2D eigenvalue weighted by atomic mass is 9.94. The van der Waals surface area contributed by atoms with Crippen molar-refractivity contribution in [3.63, 3.8) is 0 Å². The van der Waals surface area contributed by atoms with E-state index >= 15 is 0 Å². The van der Waals surface area contributed by atoms with E-state index in [0.717, 1.165) is 24.3 Å². The minimum Gasteiger partial charge on any atom is -0.160 e. The van der Waals surface area contributed by atoms with E-state index in [9.17, 15) is 0 Å². The van der Waals surface area contributed by atoms with Crippen LogP contribution in [0.15, 0.2) is 40.5 Å². The Kier molecular flexibility index (Phi) is 2.95. The van der Waals surface area contributed by atoms with Gasteiger partial charge in [0, 0.05) is 11.6 Å². The quantitative estimate of drug-likeness (QED) is 0.664. The summed E-state index contributed by atoms with van der Waals surface area (Å²) >= 11 is 0. The van der Waals surface area contributed by atoms with Crippen LogP contribution < -0.4 is 0 Å². The number of hydrogen-bond acceptors (Lipinski definition) is 2. The summed E-state index contributed by atoms with van der Waals surface area (Å²) < 4.78 is 0. The molecule has 0 saturated carbocycles. The summed E-state index contributed by atoms with van der Waals surface area (Å²) in [5.74, 6) is 0.494. The van der Waals surface area contributed by atoms with Gasteiger partial charge in [-0.05, 0) is 25.3 Å². The zero-order valence-electron chi connectivity index (χ0n) is 9.27. The molecule has 1 aromatic carbocycles. The minimum absolute atomic E-state index is 0.494. The van der Waals surface area contributed by atoms with Gasteiger partial charge in [-0.25, -0.2) is 0 Å². The van der Waals surface area contributed by atoms with Gasteiger partial charge in [-0.3, -0.25) is 0 Å². The van der Waals surface area contributed by atoms with Crippen molar-refractivity contribution in [2.24, 2.45) is 16.1 Å². The fourth-order valence-corrected chi connectivity index (χ4v) is 1.80. The van der Waals surface area contributed by atoms with Crippen molar-refractivity contribution >= 4 is 11.4 Å². The summed E-state index contributed by atoms with van der Waals surface area (Å²) in [6.07, 6.45) is 2.20. The van der Waals surface area contributed by atoms with Crippen molar-refractivity contribution in [3.8, 4) is 0 Å². The van der Waals surface area contributed by atoms with Crippen LogP contribution in [0.1, 0.15) is 32.3 Å². The van der Waals surface area contributed by atoms with Crippen LogP contribution in [0.5, 0.6) is 0 Å². The molecule has 0 radical (unpaired) electrons. The molecule has 1 atom stereocenters. The second kappa shape index (κ2) is 4.39. The summed E-state index contributed by atoms with van der Waals surface area (Å²) in [4.78, 5) is 0. The van der Waals surface area contributed by atoms with E-state index in [-0.39, 0.29) is 0 Å². The monoisotopic (exact) mass is 200 g/mol. The zero-order valence-corrected chi connectivity index (χ0v) is 9.27. The van der Waals surface area contributed by atoms with Gasteiger partial charge in [0.1, 0.15) is 0 Å². The average molecular weight is 200 g/mol. The van der Waals surface area contributed by atoms with Crippen molar-refractivity contribution in [2.75, 3.05) is 0 Å². The summed E-state index contributed by atoms with van der Waals surface area (Å²) in [5.41, 5.74) is 3.45. The van der Waals surface area contributed by atoms with Gasteiger partial charge in [0.15, 0.2) is 0 Å². The van der Waals surface area contributed by atoms with E-state index in [0.29, 0.717) is 5.92 Å². The predicted molar refractivity (Wildman–Crippen MR) is 64.5 cm³/mol. The van der Waals surface area contributed by atoms with Crippen LogP contribution in [0.2, 0.25) is 0 Å². The van der Waals surface area contributed by atoms with Gasteiger partial charge < -0.3 is 0 Å². The SMILES string of the molecule is CC1=NN=C(c2ccccc2)C(C)CC1. The summed E-state index contributed by atoms with van der Waals surface area (Å²) in [6, 6.07) is 10.3. The maximum atomic E-state index is 4.36. The molecule has 0 aliphatic carbocycles. The summed E-state index contributed by atoms with van der Waals surface area (Å²) in [7, 11) is 0. The van der Waals surface area contributed by atoms with E-state index < -0.39 is 0 Å². The van der Waals surface area contributed by atoms with Crippen LogP contribution in [-0.2, 0) is 0 Å². The molecule has 2 rings (SSSR count). The molecule has 2 nitrogen and oxygen atoms in total. The molecule has 0 N–H and O–H groups in total. The maximum Gasteiger partial charge on any atom is 0.0730 e. The molecule has 1 aliphatic rings. The Morgan fingerprint density at radius 3 is 2.60 bits per heavy atom. The molecule has 1 aliphatic heterocycles. The molecular formula is C13H16N2. The van der Waals surface area contributed by atoms with Gasteiger partial charge in [0.25, 0.3) is 0 Å². The Labute approximate surface area is 90.7 Å². The lowest BCUT2D eigenvalue weighted by Gasteiger charge is -2.10. The summed E-state index contributed by atoms with van der Waals surface area (Å²) in [5, 5.41) is 8.60. The van der Waals surface area contributed by atoms with Gasteiger partial charge in [0.05, 0.1) is 5.71 Å². The third kappa shape index (κ3) is 2.32. The highest BCUT2D eigenvalue weighted by molar-refractivity contribution is 6.03. The Balaban J connectivity index is 2.34. The zero-order chi connectivity index (χ0) is 10.7. The molecule has 0 amide bonds. The Morgan fingerprint density at radius 1 is 1.13 bits per heavy atom. The molecule has 78 valence electrons. The van der Waals surface area contributed by atoms with E-state index in [4.69, 9.17) is 0 Å². The lowest BCUT2D eigenvalue weighted by molar-refractivity contribution is 0.713. The third-order valence-corrected chi connectivity index (χ3v) is 2.80. The molecule has 0 bridgehead atoms. The van der Waals surface area contributed by atoms with Crippen molar-refractivity contribution < 1.29 is 0 Å². The second-order valence-corrected chi connectivity index (χ2v) is 4.13. The Morgan fingerprint density at radius 2 is 1.87 bits per heavy atom. The van der Waals surface area contributed by atoms with Crippen molar-refractivity contribution in [2.45, 2.75) is 26.7 Å². The molecule has 2 heteroatoms. The van der Waals surface area contributed by atoms with Gasteiger partial charge in [-0.15, -0.1) is 0 Å². The third-order valence-electron chi connectivity index (χ3n) is 2.80. The highest BCUT2D eigenvalue weighted by Gasteiger charge is 2.15. The summed E-state index contributed by atoms with van der Waals surface area (Å²) in [6.45, 7) is 4.27. The fraction of sp³-hybridized carbons (Fsp3) is 0.385. The van der Waals surface area contributed by atoms with Gasteiger partial charge in [-0.2, -0.15) is 10.2 Å². The molecule has 0 fully saturated rings. The van der Waals surface area contributed by atoms with Crippen LogP contribution >= 0.6 is 0 Å². The molecular weight excluding hydrogens is 184 g/mol. The van der Waals surface area contributed by atoms with Crippen LogP contribution in [0.25, 0.3) is 0 Å². The topological polar surface area (TPSA) is 24.7 Å². The van der Waals surface area contributed by atoms with Crippen LogP contribution in [0, 0.1) is 5.92 Å². The van der Waals surface area contributed by atoms with E-state index in [2.05, 4.69) is 29.3 Å². The van der Waals surface area contributed by atoms with E-state index in [1.807, 2.05) is 25.1 Å². The Bertz CT molecular complexity index is 390. The standard InChI is InChI=1S/C13H16N2/c1-10-8-9-11(2)14-15-13(10)12-6-4-3-5-7-12/h3-7,10H,8-9H2,1-2H3. The second-order valence-electron chi connectivity index (χ2n) is 4.13. The van der Waals surface area contributed by atoms with Crippen LogP contribution in [0.3, 0.4) is 0 Å². The molecule has 0 aromatic heterocycles. The maximum absolute atomic E-state index is 4.36. The van der Waals surface area contributed by atoms with Crippen molar-refractivity contribution in [1.82, 2.24) is 0 Å². The largest absolute Gasteiger partial charge is 0.160 e. The highest BCUT2D eigenvalue weighted by Crippen LogP contribution is 2.18. The van der Waals surface area contributed by atoms with Crippen LogP contribution in [0.4, 0.5) is 0 Å². The molecule has 0 spiro atoms. The smallest absolute Gasteiger partial charge is 0.0730 e. The predicted octanol–water partition coefficient (Wildman–Crippen LogP) is 3.28. The lowest BCUT2D eigenvalue weighted by Crippen LogP contribution is -2.11. The first kappa shape index (κ1) is 10.1. The minimum atomic E-state index is 0.494. The first-order chi connectivity index (χ1) is 7.27. The van der Waals surface area contributed by atoms with Crippen molar-refractivity contribution in [1.29, 1.82) is 0 Å². The van der Waals surface area contributed by atoms with Gasteiger partial charge >= 0.3 is 0 Å². The Hall–Kier alpha value is -1.44. The number of benzene rings is 1. The number of hydrogen-bond donors (Lipinski definition) is 0. The molecule has 15 heavy (non-hydrogen) atoms. The van der Waals surface area contributed by atoms with Gasteiger partial charge in [-0.1, -0.05) is 37.3 Å². The highest BCUT2D eigenvalue weighted by atomic mass is 15.2. The normalized spacial score (nSPS) is 21.6. The van der Waals surface area contributed by atoms with Gasteiger partial charge in [0.2, 0.25) is 0 Å². The number of rotatable bonds is 1. The molecule has 0 saturated heterocycles. The number of nitrogens with zero attached hydrogens (tertiary/aromatic N) is 2. The first-order valence-electron chi connectivity index (χ1n) is 5.44. The molecule has 1 heterocycles.